The third-order valence-corrected chi connectivity index (χ3v) is 4.08. The summed E-state index contributed by atoms with van der Waals surface area (Å²) in [5.41, 5.74) is -0.681. The first-order valence-corrected chi connectivity index (χ1v) is 8.77. The fourth-order valence-electron chi connectivity index (χ4n) is 2.96. The number of hydrogen-bond donors (Lipinski definition) is 1. The maximum Gasteiger partial charge on any atom is 0.332 e. The van der Waals surface area contributed by atoms with Crippen molar-refractivity contribution in [3.63, 3.8) is 0 Å². The summed E-state index contributed by atoms with van der Waals surface area (Å²) in [5, 5.41) is 6.95. The zero-order valence-electron chi connectivity index (χ0n) is 16.2. The average Bonchev–Trinajstić information content (AvgIpc) is 2.97. The van der Waals surface area contributed by atoms with E-state index in [4.69, 9.17) is 0 Å². The number of rotatable bonds is 4. The van der Waals surface area contributed by atoms with Gasteiger partial charge in [-0.1, -0.05) is 12.1 Å². The Morgan fingerprint density at radius 1 is 1.14 bits per heavy atom. The number of benzene rings is 1. The molecule has 2 heterocycles. The van der Waals surface area contributed by atoms with Gasteiger partial charge < -0.3 is 5.32 Å². The van der Waals surface area contributed by atoms with Crippen LogP contribution in [-0.2, 0) is 24.9 Å². The predicted molar refractivity (Wildman–Crippen MR) is 103 cm³/mol. The monoisotopic (exact) mass is 387 g/mol. The largest absolute Gasteiger partial charge is 0.350 e. The molecule has 3 aromatic rings. The predicted octanol–water partition coefficient (Wildman–Crippen LogP) is 0.999. The maximum absolute atomic E-state index is 13.1. The van der Waals surface area contributed by atoms with Crippen LogP contribution in [0, 0.1) is 5.82 Å². The Hall–Kier alpha value is -3.23. The molecule has 1 amide bonds. The number of aryl methyl sites for hydroxylation is 1. The molecule has 28 heavy (non-hydrogen) atoms. The molecular weight excluding hydrogens is 365 g/mol. The normalized spacial score (nSPS) is 11.8. The van der Waals surface area contributed by atoms with Crippen LogP contribution in [0.2, 0.25) is 0 Å². The van der Waals surface area contributed by atoms with Gasteiger partial charge in [0.2, 0.25) is 5.91 Å². The smallest absolute Gasteiger partial charge is 0.332 e. The Labute approximate surface area is 160 Å². The van der Waals surface area contributed by atoms with E-state index in [1.807, 2.05) is 20.8 Å². The van der Waals surface area contributed by atoms with Gasteiger partial charge in [-0.25, -0.2) is 9.18 Å². The van der Waals surface area contributed by atoms with Gasteiger partial charge in [0, 0.05) is 18.8 Å². The van der Waals surface area contributed by atoms with Gasteiger partial charge in [-0.2, -0.15) is 5.10 Å². The lowest BCUT2D eigenvalue weighted by Gasteiger charge is -2.21. The second kappa shape index (κ2) is 7.06. The zero-order chi connectivity index (χ0) is 20.6. The van der Waals surface area contributed by atoms with Crippen molar-refractivity contribution in [1.82, 2.24) is 24.2 Å². The van der Waals surface area contributed by atoms with Crippen molar-refractivity contribution in [3.8, 4) is 0 Å². The van der Waals surface area contributed by atoms with Gasteiger partial charge in [0.05, 0.1) is 12.1 Å². The van der Waals surface area contributed by atoms with Crippen molar-refractivity contribution >= 4 is 16.9 Å². The second-order valence-corrected chi connectivity index (χ2v) is 7.72. The molecule has 9 heteroatoms. The van der Waals surface area contributed by atoms with Crippen LogP contribution < -0.4 is 16.6 Å². The van der Waals surface area contributed by atoms with Crippen LogP contribution >= 0.6 is 0 Å². The number of nitrogens with one attached hydrogen (secondary N) is 1. The number of carbonyl (C=O) groups is 1. The number of carbonyl (C=O) groups excluding carboxylic acids is 1. The average molecular weight is 387 g/mol. The number of nitrogens with zero attached hydrogens (tertiary/aromatic N) is 4. The van der Waals surface area contributed by atoms with E-state index in [1.54, 1.807) is 7.05 Å². The Morgan fingerprint density at radius 2 is 1.79 bits per heavy atom. The molecule has 0 saturated carbocycles. The summed E-state index contributed by atoms with van der Waals surface area (Å²) < 4.78 is 16.8. The Balaban J connectivity index is 2.12. The molecule has 0 spiro atoms. The fourth-order valence-corrected chi connectivity index (χ4v) is 2.96. The number of aromatic nitrogens is 4. The van der Waals surface area contributed by atoms with Gasteiger partial charge in [0.1, 0.15) is 12.4 Å². The summed E-state index contributed by atoms with van der Waals surface area (Å²) in [7, 11) is 1.63. The summed E-state index contributed by atoms with van der Waals surface area (Å²) in [6, 6.07) is 5.52. The highest BCUT2D eigenvalue weighted by molar-refractivity contribution is 5.79. The first-order chi connectivity index (χ1) is 13.0. The molecule has 0 aliphatic rings. The van der Waals surface area contributed by atoms with E-state index in [0.29, 0.717) is 5.56 Å². The number of hydrogen-bond acceptors (Lipinski definition) is 4. The number of amides is 1. The van der Waals surface area contributed by atoms with Gasteiger partial charge in [-0.05, 0) is 38.5 Å². The Kier molecular flexibility index (Phi) is 4.93. The van der Waals surface area contributed by atoms with Crippen LogP contribution in [0.5, 0.6) is 0 Å². The molecular formula is C19H22FN5O3. The van der Waals surface area contributed by atoms with Crippen LogP contribution in [0.25, 0.3) is 11.0 Å². The SMILES string of the molecule is Cn1cc2c(n1)c(=O)n(Cc1ccc(F)cc1)c(=O)n2CC(=O)NC(C)(C)C. The lowest BCUT2D eigenvalue weighted by Crippen LogP contribution is -2.46. The summed E-state index contributed by atoms with van der Waals surface area (Å²) in [5.74, 6) is -0.765. The first kappa shape index (κ1) is 19.5. The zero-order valence-corrected chi connectivity index (χ0v) is 16.2. The summed E-state index contributed by atoms with van der Waals surface area (Å²) >= 11 is 0. The summed E-state index contributed by atoms with van der Waals surface area (Å²) in [4.78, 5) is 38.2. The Morgan fingerprint density at radius 3 is 2.39 bits per heavy atom. The van der Waals surface area contributed by atoms with E-state index in [-0.39, 0.29) is 30.0 Å². The summed E-state index contributed by atoms with van der Waals surface area (Å²) in [6.07, 6.45) is 1.53. The van der Waals surface area contributed by atoms with Crippen molar-refractivity contribution in [1.29, 1.82) is 0 Å². The second-order valence-electron chi connectivity index (χ2n) is 7.72. The lowest BCUT2D eigenvalue weighted by atomic mass is 10.1. The molecule has 0 radical (unpaired) electrons. The molecule has 1 N–H and O–H groups in total. The van der Waals surface area contributed by atoms with E-state index in [2.05, 4.69) is 10.4 Å². The van der Waals surface area contributed by atoms with E-state index >= 15 is 0 Å². The van der Waals surface area contributed by atoms with Crippen LogP contribution in [0.4, 0.5) is 4.39 Å². The molecule has 0 saturated heterocycles. The number of fused-ring (bicyclic) bond motifs is 1. The highest BCUT2D eigenvalue weighted by Crippen LogP contribution is 2.08. The molecule has 2 aromatic heterocycles. The minimum atomic E-state index is -0.626. The van der Waals surface area contributed by atoms with Gasteiger partial charge >= 0.3 is 5.69 Å². The third kappa shape index (κ3) is 4.03. The van der Waals surface area contributed by atoms with E-state index < -0.39 is 22.6 Å². The third-order valence-electron chi connectivity index (χ3n) is 4.08. The quantitative estimate of drug-likeness (QED) is 0.723. The molecule has 0 atom stereocenters. The van der Waals surface area contributed by atoms with Crippen LogP contribution in [0.3, 0.4) is 0 Å². The molecule has 0 aliphatic carbocycles. The number of halogens is 1. The van der Waals surface area contributed by atoms with Gasteiger partial charge in [0.15, 0.2) is 5.52 Å². The molecule has 3 rings (SSSR count). The van der Waals surface area contributed by atoms with Crippen molar-refractivity contribution in [2.24, 2.45) is 7.05 Å². The lowest BCUT2D eigenvalue weighted by molar-refractivity contribution is -0.123. The van der Waals surface area contributed by atoms with Crippen molar-refractivity contribution in [2.75, 3.05) is 0 Å². The molecule has 1 aromatic carbocycles. The molecule has 0 aliphatic heterocycles. The summed E-state index contributed by atoms with van der Waals surface area (Å²) in [6.45, 7) is 5.21. The van der Waals surface area contributed by atoms with E-state index in [0.717, 1.165) is 4.57 Å². The van der Waals surface area contributed by atoms with Crippen LogP contribution in [-0.4, -0.2) is 30.4 Å². The maximum atomic E-state index is 13.1. The van der Waals surface area contributed by atoms with Gasteiger partial charge in [-0.15, -0.1) is 0 Å². The van der Waals surface area contributed by atoms with Crippen LogP contribution in [0.15, 0.2) is 40.1 Å². The van der Waals surface area contributed by atoms with Crippen molar-refractivity contribution < 1.29 is 9.18 Å². The molecule has 8 nitrogen and oxygen atoms in total. The van der Waals surface area contributed by atoms with Crippen LogP contribution in [0.1, 0.15) is 26.3 Å². The van der Waals surface area contributed by atoms with Gasteiger partial charge in [-0.3, -0.25) is 23.4 Å². The van der Waals surface area contributed by atoms with Crippen molar-refractivity contribution in [2.45, 2.75) is 39.4 Å². The highest BCUT2D eigenvalue weighted by Gasteiger charge is 2.20. The molecule has 0 bridgehead atoms. The molecule has 148 valence electrons. The minimum absolute atomic E-state index is 0.0502. The molecule has 0 fully saturated rings. The first-order valence-electron chi connectivity index (χ1n) is 8.77. The van der Waals surface area contributed by atoms with Gasteiger partial charge in [0.25, 0.3) is 5.56 Å². The minimum Gasteiger partial charge on any atom is -0.350 e. The van der Waals surface area contributed by atoms with Crippen molar-refractivity contribution in [3.05, 3.63) is 62.7 Å². The standard InChI is InChI=1S/C19H22FN5O3/c1-19(2,3)21-15(26)11-24-14-10-23(4)22-16(14)17(27)25(18(24)28)9-12-5-7-13(20)8-6-12/h5-8,10H,9,11H2,1-4H3,(H,21,26). The topological polar surface area (TPSA) is 90.9 Å². The van der Waals surface area contributed by atoms with E-state index in [9.17, 15) is 18.8 Å². The fraction of sp³-hybridized carbons (Fsp3) is 0.368. The Bertz CT molecular complexity index is 1150. The van der Waals surface area contributed by atoms with E-state index in [1.165, 1.54) is 39.7 Å². The highest BCUT2D eigenvalue weighted by atomic mass is 19.1. The molecule has 0 unspecified atom stereocenters.